The lowest BCUT2D eigenvalue weighted by molar-refractivity contribution is 0.269. The molecule has 3 nitrogen and oxygen atoms in total. The summed E-state index contributed by atoms with van der Waals surface area (Å²) in [6.07, 6.45) is 0. The first-order valence-electron chi connectivity index (χ1n) is 4.71. The summed E-state index contributed by atoms with van der Waals surface area (Å²) in [5, 5.41) is 11.0. The van der Waals surface area contributed by atoms with E-state index in [4.69, 9.17) is 12.2 Å². The van der Waals surface area contributed by atoms with Crippen LogP contribution in [0.25, 0.3) is 0 Å². The van der Waals surface area contributed by atoms with Gasteiger partial charge >= 0.3 is 0 Å². The van der Waals surface area contributed by atoms with Crippen LogP contribution in [-0.2, 0) is 0 Å². The molecule has 14 heavy (non-hydrogen) atoms. The second-order valence-corrected chi connectivity index (χ2v) is 6.08. The summed E-state index contributed by atoms with van der Waals surface area (Å²) >= 11 is 6.43. The monoisotopic (exact) mass is 231 g/mol. The molecule has 1 rings (SSSR count). The maximum atomic E-state index is 4.95. The molecular weight excluding hydrogens is 214 g/mol. The maximum absolute atomic E-state index is 4.95. The van der Waals surface area contributed by atoms with Crippen LogP contribution in [0.3, 0.4) is 0 Å². The molecule has 0 fully saturated rings. The number of aromatic nitrogens is 2. The Kier molecular flexibility index (Phi) is 3.66. The highest BCUT2D eigenvalue weighted by molar-refractivity contribution is 7.73. The fraction of sp³-hybridized carbons (Fsp3) is 0.778. The number of nitrogens with one attached hydrogen (secondary N) is 2. The smallest absolute Gasteiger partial charge is 0.204 e. The zero-order valence-corrected chi connectivity index (χ0v) is 10.7. The van der Waals surface area contributed by atoms with Crippen LogP contribution in [0.4, 0.5) is 5.13 Å². The molecule has 1 heterocycles. The average Bonchev–Trinajstić information content (AvgIpc) is 2.48. The molecule has 0 atom stereocenters. The van der Waals surface area contributed by atoms with E-state index in [1.807, 2.05) is 0 Å². The van der Waals surface area contributed by atoms with E-state index in [9.17, 15) is 0 Å². The zero-order chi connectivity index (χ0) is 10.8. The molecule has 80 valence electrons. The molecule has 0 aromatic carbocycles. The van der Waals surface area contributed by atoms with Gasteiger partial charge in [-0.1, -0.05) is 39.0 Å². The van der Waals surface area contributed by atoms with Crippen molar-refractivity contribution in [2.24, 2.45) is 11.3 Å². The van der Waals surface area contributed by atoms with E-state index >= 15 is 0 Å². The Morgan fingerprint density at radius 2 is 2.21 bits per heavy atom. The Morgan fingerprint density at radius 3 is 2.64 bits per heavy atom. The lowest BCUT2D eigenvalue weighted by atomic mass is 9.81. The fourth-order valence-corrected chi connectivity index (χ4v) is 1.60. The third kappa shape index (κ3) is 3.06. The summed E-state index contributed by atoms with van der Waals surface area (Å²) in [6.45, 7) is 9.87. The molecule has 5 heteroatoms. The minimum Gasteiger partial charge on any atom is -0.360 e. The van der Waals surface area contributed by atoms with Gasteiger partial charge in [-0.25, -0.2) is 0 Å². The molecule has 0 spiro atoms. The van der Waals surface area contributed by atoms with Crippen molar-refractivity contribution < 1.29 is 0 Å². The maximum Gasteiger partial charge on any atom is 0.204 e. The van der Waals surface area contributed by atoms with E-state index in [1.165, 1.54) is 11.3 Å². The molecule has 0 aliphatic rings. The predicted octanol–water partition coefficient (Wildman–Crippen LogP) is 3.29. The van der Waals surface area contributed by atoms with Crippen molar-refractivity contribution >= 4 is 28.7 Å². The van der Waals surface area contributed by atoms with Gasteiger partial charge in [-0.15, -0.1) is 5.10 Å². The Morgan fingerprint density at radius 1 is 1.57 bits per heavy atom. The first-order valence-corrected chi connectivity index (χ1v) is 5.93. The number of aromatic amines is 1. The van der Waals surface area contributed by atoms with Gasteiger partial charge < -0.3 is 5.32 Å². The van der Waals surface area contributed by atoms with Crippen molar-refractivity contribution in [3.05, 3.63) is 3.95 Å². The SMILES string of the molecule is CC(C)C(C)(C)CNc1n[nH]c(=S)s1. The van der Waals surface area contributed by atoms with Crippen LogP contribution in [0.2, 0.25) is 0 Å². The van der Waals surface area contributed by atoms with E-state index < -0.39 is 0 Å². The summed E-state index contributed by atoms with van der Waals surface area (Å²) in [4.78, 5) is 0. The van der Waals surface area contributed by atoms with Crippen molar-refractivity contribution in [2.45, 2.75) is 27.7 Å². The van der Waals surface area contributed by atoms with Crippen molar-refractivity contribution in [1.29, 1.82) is 0 Å². The summed E-state index contributed by atoms with van der Waals surface area (Å²) in [7, 11) is 0. The van der Waals surface area contributed by atoms with Gasteiger partial charge in [-0.2, -0.15) is 0 Å². The first-order chi connectivity index (χ1) is 6.42. The second-order valence-electron chi connectivity index (χ2n) is 4.42. The average molecular weight is 231 g/mol. The van der Waals surface area contributed by atoms with Crippen LogP contribution in [0, 0.1) is 15.3 Å². The molecule has 0 aliphatic carbocycles. The van der Waals surface area contributed by atoms with Crippen molar-refractivity contribution in [2.75, 3.05) is 11.9 Å². The van der Waals surface area contributed by atoms with Gasteiger partial charge in [0.2, 0.25) is 5.13 Å². The number of hydrogen-bond donors (Lipinski definition) is 2. The Labute approximate surface area is 93.9 Å². The zero-order valence-electron chi connectivity index (χ0n) is 9.05. The molecule has 0 amide bonds. The number of rotatable bonds is 4. The number of nitrogens with zero attached hydrogens (tertiary/aromatic N) is 1. The van der Waals surface area contributed by atoms with Crippen molar-refractivity contribution in [3.63, 3.8) is 0 Å². The van der Waals surface area contributed by atoms with Gasteiger partial charge in [0.15, 0.2) is 3.95 Å². The van der Waals surface area contributed by atoms with E-state index in [2.05, 4.69) is 43.2 Å². The third-order valence-electron chi connectivity index (χ3n) is 2.70. The van der Waals surface area contributed by atoms with Gasteiger partial charge in [0.1, 0.15) is 0 Å². The topological polar surface area (TPSA) is 40.7 Å². The van der Waals surface area contributed by atoms with E-state index in [1.54, 1.807) is 0 Å². The summed E-state index contributed by atoms with van der Waals surface area (Å²) < 4.78 is 0.717. The normalized spacial score (nSPS) is 12.1. The Balaban J connectivity index is 2.52. The summed E-state index contributed by atoms with van der Waals surface area (Å²) in [5.41, 5.74) is 0.271. The molecule has 0 aliphatic heterocycles. The molecule has 0 saturated heterocycles. The van der Waals surface area contributed by atoms with Crippen molar-refractivity contribution in [3.8, 4) is 0 Å². The minimum absolute atomic E-state index is 0.271. The number of H-pyrrole nitrogens is 1. The van der Waals surface area contributed by atoms with Gasteiger partial charge in [0, 0.05) is 6.54 Å². The lowest BCUT2D eigenvalue weighted by Crippen LogP contribution is -2.28. The summed E-state index contributed by atoms with van der Waals surface area (Å²) in [6, 6.07) is 0. The molecule has 0 saturated carbocycles. The van der Waals surface area contributed by atoms with E-state index in [0.717, 1.165) is 15.6 Å². The quantitative estimate of drug-likeness (QED) is 0.781. The molecule has 1 aromatic heterocycles. The molecule has 0 unspecified atom stereocenters. The first kappa shape index (κ1) is 11.7. The van der Waals surface area contributed by atoms with E-state index in [0.29, 0.717) is 5.92 Å². The van der Waals surface area contributed by atoms with Crippen LogP contribution in [0.5, 0.6) is 0 Å². The lowest BCUT2D eigenvalue weighted by Gasteiger charge is -2.29. The van der Waals surface area contributed by atoms with Crippen LogP contribution < -0.4 is 5.32 Å². The van der Waals surface area contributed by atoms with Crippen molar-refractivity contribution in [1.82, 2.24) is 10.2 Å². The van der Waals surface area contributed by atoms with Gasteiger partial charge in [-0.3, -0.25) is 5.10 Å². The Bertz CT molecular complexity index is 338. The highest BCUT2D eigenvalue weighted by atomic mass is 32.1. The molecule has 0 bridgehead atoms. The second kappa shape index (κ2) is 4.40. The third-order valence-corrected chi connectivity index (χ3v) is 3.74. The molecular formula is C9H17N3S2. The summed E-state index contributed by atoms with van der Waals surface area (Å²) in [5.74, 6) is 0.641. The molecule has 1 aromatic rings. The van der Waals surface area contributed by atoms with Crippen LogP contribution in [-0.4, -0.2) is 16.7 Å². The fourth-order valence-electron chi connectivity index (χ4n) is 0.813. The van der Waals surface area contributed by atoms with Crippen LogP contribution in [0.15, 0.2) is 0 Å². The highest BCUT2D eigenvalue weighted by Crippen LogP contribution is 2.26. The number of anilines is 1. The highest BCUT2D eigenvalue weighted by Gasteiger charge is 2.22. The van der Waals surface area contributed by atoms with E-state index in [-0.39, 0.29) is 5.41 Å². The van der Waals surface area contributed by atoms with Gasteiger partial charge in [0.05, 0.1) is 0 Å². The van der Waals surface area contributed by atoms with Gasteiger partial charge in [0.25, 0.3) is 0 Å². The largest absolute Gasteiger partial charge is 0.360 e. The number of hydrogen-bond acceptors (Lipinski definition) is 4. The standard InChI is InChI=1S/C9H17N3S2/c1-6(2)9(3,4)5-10-7-11-12-8(13)14-7/h6H,5H2,1-4H3,(H,10,11)(H,12,13). The Hall–Kier alpha value is -0.420. The van der Waals surface area contributed by atoms with Crippen LogP contribution >= 0.6 is 23.6 Å². The van der Waals surface area contributed by atoms with Crippen LogP contribution in [0.1, 0.15) is 27.7 Å². The van der Waals surface area contributed by atoms with Gasteiger partial charge in [-0.05, 0) is 23.6 Å². The molecule has 2 N–H and O–H groups in total. The molecule has 0 radical (unpaired) electrons. The minimum atomic E-state index is 0.271. The predicted molar refractivity (Wildman–Crippen MR) is 64.4 cm³/mol.